The van der Waals surface area contributed by atoms with Crippen LogP contribution in [0.15, 0.2) is 18.3 Å². The molecule has 0 N–H and O–H groups in total. The number of aryl methyl sites for hydroxylation is 2. The Morgan fingerprint density at radius 1 is 1.14 bits per heavy atom. The largest absolute Gasteiger partial charge is 0.496 e. The molecule has 2 aromatic heterocycles. The molecule has 0 saturated heterocycles. The van der Waals surface area contributed by atoms with Crippen molar-refractivity contribution in [1.29, 1.82) is 0 Å². The highest BCUT2D eigenvalue weighted by molar-refractivity contribution is 6.17. The molecule has 0 aromatic carbocycles. The highest BCUT2D eigenvalue weighted by Gasteiger charge is 2.11. The Morgan fingerprint density at radius 3 is 2.57 bits per heavy atom. The second-order valence-corrected chi connectivity index (χ2v) is 5.13. The monoisotopic (exact) mass is 306 g/mol. The van der Waals surface area contributed by atoms with Crippen molar-refractivity contribution in [3.63, 3.8) is 0 Å². The lowest BCUT2D eigenvalue weighted by Crippen LogP contribution is -2.05. The van der Waals surface area contributed by atoms with E-state index in [4.69, 9.17) is 21.1 Å². The van der Waals surface area contributed by atoms with Crippen molar-refractivity contribution in [1.82, 2.24) is 9.97 Å². The van der Waals surface area contributed by atoms with Crippen LogP contribution in [0.5, 0.6) is 11.5 Å². The Balaban J connectivity index is 2.21. The zero-order chi connectivity index (χ0) is 15.4. The summed E-state index contributed by atoms with van der Waals surface area (Å²) in [5.74, 6) is 1.86. The summed E-state index contributed by atoms with van der Waals surface area (Å²) >= 11 is 5.91. The third-order valence-electron chi connectivity index (χ3n) is 3.31. The molecule has 0 spiro atoms. The lowest BCUT2D eigenvalue weighted by Gasteiger charge is -2.14. The Morgan fingerprint density at radius 2 is 1.90 bits per heavy atom. The Hall–Kier alpha value is -1.81. The van der Waals surface area contributed by atoms with Gasteiger partial charge in [0.2, 0.25) is 0 Å². The van der Waals surface area contributed by atoms with Crippen LogP contribution >= 0.6 is 11.6 Å². The molecule has 0 aliphatic rings. The maximum absolute atomic E-state index is 5.91. The fourth-order valence-corrected chi connectivity index (χ4v) is 2.38. The molecular formula is C16H19ClN2O2. The fraction of sp³-hybridized carbons (Fsp3) is 0.375. The zero-order valence-electron chi connectivity index (χ0n) is 12.7. The zero-order valence-corrected chi connectivity index (χ0v) is 13.5. The van der Waals surface area contributed by atoms with E-state index in [0.29, 0.717) is 18.2 Å². The minimum Gasteiger partial charge on any atom is -0.496 e. The van der Waals surface area contributed by atoms with E-state index in [2.05, 4.69) is 9.97 Å². The number of ether oxygens (including phenoxy) is 2. The first-order chi connectivity index (χ1) is 10.1. The average molecular weight is 307 g/mol. The molecule has 0 saturated carbocycles. The van der Waals surface area contributed by atoms with E-state index < -0.39 is 0 Å². The number of alkyl halides is 1. The van der Waals surface area contributed by atoms with E-state index in [1.807, 2.05) is 32.9 Å². The van der Waals surface area contributed by atoms with Gasteiger partial charge in [0.05, 0.1) is 24.4 Å². The van der Waals surface area contributed by atoms with Crippen molar-refractivity contribution in [2.75, 3.05) is 7.11 Å². The average Bonchev–Trinajstić information content (AvgIpc) is 2.48. The topological polar surface area (TPSA) is 44.2 Å². The van der Waals surface area contributed by atoms with Crippen molar-refractivity contribution in [3.05, 3.63) is 46.5 Å². The molecule has 4 nitrogen and oxygen atoms in total. The van der Waals surface area contributed by atoms with Crippen molar-refractivity contribution >= 4 is 11.6 Å². The van der Waals surface area contributed by atoms with Gasteiger partial charge in [-0.3, -0.25) is 9.97 Å². The molecule has 112 valence electrons. The van der Waals surface area contributed by atoms with Crippen LogP contribution in [0.4, 0.5) is 0 Å². The van der Waals surface area contributed by atoms with E-state index in [9.17, 15) is 0 Å². The molecular weight excluding hydrogens is 288 g/mol. The van der Waals surface area contributed by atoms with Crippen molar-refractivity contribution in [2.24, 2.45) is 0 Å². The van der Waals surface area contributed by atoms with E-state index in [-0.39, 0.29) is 0 Å². The van der Waals surface area contributed by atoms with Crippen LogP contribution in [0.3, 0.4) is 0 Å². The first-order valence-corrected chi connectivity index (χ1v) is 7.24. The Kier molecular flexibility index (Phi) is 5.02. The molecule has 0 unspecified atom stereocenters. The summed E-state index contributed by atoms with van der Waals surface area (Å²) in [6, 6.07) is 3.79. The number of halogens is 1. The van der Waals surface area contributed by atoms with Gasteiger partial charge in [0, 0.05) is 23.0 Å². The first-order valence-electron chi connectivity index (χ1n) is 6.71. The normalized spacial score (nSPS) is 10.5. The van der Waals surface area contributed by atoms with Gasteiger partial charge in [-0.25, -0.2) is 0 Å². The summed E-state index contributed by atoms with van der Waals surface area (Å²) in [5.41, 5.74) is 4.51. The van der Waals surface area contributed by atoms with Crippen LogP contribution in [0, 0.1) is 20.8 Å². The molecule has 0 amide bonds. The second-order valence-electron chi connectivity index (χ2n) is 4.87. The van der Waals surface area contributed by atoms with Crippen LogP contribution in [-0.4, -0.2) is 17.1 Å². The van der Waals surface area contributed by atoms with Gasteiger partial charge in [-0.2, -0.15) is 0 Å². The molecule has 2 heterocycles. The number of hydrogen-bond donors (Lipinski definition) is 0. The maximum Gasteiger partial charge on any atom is 0.142 e. The molecule has 0 fully saturated rings. The van der Waals surface area contributed by atoms with Crippen LogP contribution in [0.2, 0.25) is 0 Å². The summed E-state index contributed by atoms with van der Waals surface area (Å²) < 4.78 is 11.2. The van der Waals surface area contributed by atoms with Crippen LogP contribution in [-0.2, 0) is 12.5 Å². The minimum atomic E-state index is 0.320. The third-order valence-corrected chi connectivity index (χ3v) is 3.57. The number of aromatic nitrogens is 2. The van der Waals surface area contributed by atoms with E-state index >= 15 is 0 Å². The van der Waals surface area contributed by atoms with Gasteiger partial charge in [0.1, 0.15) is 18.1 Å². The summed E-state index contributed by atoms with van der Waals surface area (Å²) in [7, 11) is 1.66. The third kappa shape index (κ3) is 3.45. The summed E-state index contributed by atoms with van der Waals surface area (Å²) in [6.07, 6.45) is 1.79. The number of rotatable bonds is 5. The predicted octanol–water partition coefficient (Wildman–Crippen LogP) is 3.73. The number of pyridine rings is 2. The highest BCUT2D eigenvalue weighted by Crippen LogP contribution is 2.26. The molecule has 0 radical (unpaired) electrons. The number of hydrogen-bond acceptors (Lipinski definition) is 4. The van der Waals surface area contributed by atoms with E-state index in [1.54, 1.807) is 13.3 Å². The maximum atomic E-state index is 5.91. The van der Waals surface area contributed by atoms with Crippen molar-refractivity contribution < 1.29 is 9.47 Å². The smallest absolute Gasteiger partial charge is 0.142 e. The fourth-order valence-electron chi connectivity index (χ4n) is 2.19. The van der Waals surface area contributed by atoms with Crippen molar-refractivity contribution in [3.8, 4) is 11.5 Å². The molecule has 0 aliphatic carbocycles. The summed E-state index contributed by atoms with van der Waals surface area (Å²) in [5, 5.41) is 0. The van der Waals surface area contributed by atoms with Gasteiger partial charge in [-0.05, 0) is 32.9 Å². The van der Waals surface area contributed by atoms with Gasteiger partial charge in [0.15, 0.2) is 0 Å². The molecule has 2 aromatic rings. The predicted molar refractivity (Wildman–Crippen MR) is 83.1 cm³/mol. The summed E-state index contributed by atoms with van der Waals surface area (Å²) in [4.78, 5) is 8.79. The van der Waals surface area contributed by atoms with Gasteiger partial charge in [-0.1, -0.05) is 0 Å². The molecule has 5 heteroatoms. The minimum absolute atomic E-state index is 0.320. The molecule has 0 aliphatic heterocycles. The highest BCUT2D eigenvalue weighted by atomic mass is 35.5. The molecule has 0 bridgehead atoms. The number of nitrogens with zero attached hydrogens (tertiary/aromatic N) is 2. The molecule has 2 rings (SSSR count). The van der Waals surface area contributed by atoms with Crippen LogP contribution in [0.1, 0.15) is 28.2 Å². The van der Waals surface area contributed by atoms with Gasteiger partial charge in [0.25, 0.3) is 0 Å². The summed E-state index contributed by atoms with van der Waals surface area (Å²) in [6.45, 7) is 6.24. The van der Waals surface area contributed by atoms with Gasteiger partial charge in [-0.15, -0.1) is 11.6 Å². The Bertz CT molecular complexity index is 644. The van der Waals surface area contributed by atoms with Gasteiger partial charge >= 0.3 is 0 Å². The first kappa shape index (κ1) is 15.6. The van der Waals surface area contributed by atoms with E-state index in [0.717, 1.165) is 34.0 Å². The van der Waals surface area contributed by atoms with Crippen molar-refractivity contribution in [2.45, 2.75) is 33.3 Å². The SMILES string of the molecule is COc1c(C)cnc(COc2ccc(C)nc2CCl)c1C. The Labute approximate surface area is 130 Å². The molecule has 21 heavy (non-hydrogen) atoms. The van der Waals surface area contributed by atoms with Crippen LogP contribution < -0.4 is 9.47 Å². The molecule has 0 atom stereocenters. The lowest BCUT2D eigenvalue weighted by atomic mass is 10.1. The van der Waals surface area contributed by atoms with Crippen LogP contribution in [0.25, 0.3) is 0 Å². The second kappa shape index (κ2) is 6.76. The number of methoxy groups -OCH3 is 1. The quantitative estimate of drug-likeness (QED) is 0.790. The van der Waals surface area contributed by atoms with Gasteiger partial charge < -0.3 is 9.47 Å². The standard InChI is InChI=1S/C16H19ClN2O2/c1-10-8-18-14(12(3)16(10)20-4)9-21-15-6-5-11(2)19-13(15)7-17/h5-6,8H,7,9H2,1-4H3. The van der Waals surface area contributed by atoms with E-state index in [1.165, 1.54) is 0 Å². The lowest BCUT2D eigenvalue weighted by molar-refractivity contribution is 0.295.